The third-order valence-corrected chi connectivity index (χ3v) is 2.41. The van der Waals surface area contributed by atoms with Crippen molar-refractivity contribution >= 4 is 11.5 Å². The van der Waals surface area contributed by atoms with Crippen LogP contribution in [0.3, 0.4) is 0 Å². The van der Waals surface area contributed by atoms with Crippen molar-refractivity contribution in [2.45, 2.75) is 18.9 Å². The number of hydrogen-bond acceptors (Lipinski definition) is 5. The Morgan fingerprint density at radius 3 is 3.14 bits per heavy atom. The summed E-state index contributed by atoms with van der Waals surface area (Å²) in [5.74, 6) is 0.735. The Bertz CT molecular complexity index is 317. The van der Waals surface area contributed by atoms with Crippen molar-refractivity contribution in [3.8, 4) is 0 Å². The highest BCUT2D eigenvalue weighted by molar-refractivity contribution is 5.61. The number of aromatic nitrogens is 2. The summed E-state index contributed by atoms with van der Waals surface area (Å²) < 4.78 is 0. The highest BCUT2D eigenvalue weighted by Gasteiger charge is 2.20. The molecule has 0 radical (unpaired) electrons. The van der Waals surface area contributed by atoms with E-state index >= 15 is 0 Å². The van der Waals surface area contributed by atoms with Crippen molar-refractivity contribution in [1.82, 2.24) is 9.97 Å². The summed E-state index contributed by atoms with van der Waals surface area (Å²) in [6.07, 6.45) is 4.64. The van der Waals surface area contributed by atoms with E-state index in [1.165, 1.54) is 6.33 Å². The van der Waals surface area contributed by atoms with Crippen LogP contribution in [-0.4, -0.2) is 34.3 Å². The standard InChI is InChI=1S/C9H14N4O/c10-8-4-11-6-12-9(8)13-3-1-2-7(14)5-13/h4,6-7,14H,1-3,5,10H2. The van der Waals surface area contributed by atoms with Gasteiger partial charge in [0.05, 0.1) is 18.0 Å². The van der Waals surface area contributed by atoms with E-state index in [1.54, 1.807) is 6.20 Å². The predicted octanol–water partition coefficient (Wildman–Crippen LogP) is 0.0199. The minimum absolute atomic E-state index is 0.266. The number of anilines is 2. The smallest absolute Gasteiger partial charge is 0.155 e. The maximum atomic E-state index is 9.51. The van der Waals surface area contributed by atoms with Crippen LogP contribution in [0.5, 0.6) is 0 Å². The zero-order chi connectivity index (χ0) is 9.97. The maximum Gasteiger partial charge on any atom is 0.155 e. The van der Waals surface area contributed by atoms with Crippen LogP contribution in [0.1, 0.15) is 12.8 Å². The van der Waals surface area contributed by atoms with Crippen LogP contribution in [0.25, 0.3) is 0 Å². The second kappa shape index (κ2) is 3.79. The number of piperidine rings is 1. The molecule has 0 bridgehead atoms. The summed E-state index contributed by atoms with van der Waals surface area (Å²) in [6.45, 7) is 1.51. The fourth-order valence-corrected chi connectivity index (χ4v) is 1.75. The van der Waals surface area contributed by atoms with Gasteiger partial charge in [0.15, 0.2) is 5.82 Å². The number of nitrogens with two attached hydrogens (primary N) is 1. The third-order valence-electron chi connectivity index (χ3n) is 2.41. The van der Waals surface area contributed by atoms with Crippen LogP contribution in [0.15, 0.2) is 12.5 Å². The highest BCUT2D eigenvalue weighted by Crippen LogP contribution is 2.22. The molecular formula is C9H14N4O. The molecular weight excluding hydrogens is 180 g/mol. The summed E-state index contributed by atoms with van der Waals surface area (Å²) in [6, 6.07) is 0. The quantitative estimate of drug-likeness (QED) is 0.659. The third kappa shape index (κ3) is 1.77. The summed E-state index contributed by atoms with van der Waals surface area (Å²) in [4.78, 5) is 9.95. The molecule has 5 heteroatoms. The first-order chi connectivity index (χ1) is 6.77. The van der Waals surface area contributed by atoms with Gasteiger partial charge in [-0.15, -0.1) is 0 Å². The molecule has 0 aromatic carbocycles. The van der Waals surface area contributed by atoms with Crippen LogP contribution in [0.2, 0.25) is 0 Å². The Hall–Kier alpha value is -1.36. The van der Waals surface area contributed by atoms with E-state index in [-0.39, 0.29) is 6.10 Å². The second-order valence-electron chi connectivity index (χ2n) is 3.54. The zero-order valence-electron chi connectivity index (χ0n) is 7.93. The topological polar surface area (TPSA) is 75.3 Å². The Morgan fingerprint density at radius 1 is 1.57 bits per heavy atom. The van der Waals surface area contributed by atoms with Gasteiger partial charge in [-0.25, -0.2) is 9.97 Å². The molecule has 0 spiro atoms. The molecule has 1 aromatic heterocycles. The number of hydrogen-bond donors (Lipinski definition) is 2. The molecule has 1 saturated heterocycles. The Balaban J connectivity index is 2.18. The molecule has 0 aliphatic carbocycles. The lowest BCUT2D eigenvalue weighted by Crippen LogP contribution is -2.39. The molecule has 5 nitrogen and oxygen atoms in total. The van der Waals surface area contributed by atoms with Crippen molar-refractivity contribution < 1.29 is 5.11 Å². The molecule has 1 aromatic rings. The SMILES string of the molecule is Nc1cncnc1N1CCCC(O)C1. The van der Waals surface area contributed by atoms with Gasteiger partial charge in [0, 0.05) is 13.1 Å². The molecule has 0 amide bonds. The first-order valence-electron chi connectivity index (χ1n) is 4.76. The number of aliphatic hydroxyl groups is 1. The van der Waals surface area contributed by atoms with Crippen LogP contribution < -0.4 is 10.6 Å². The molecule has 1 aliphatic heterocycles. The normalized spacial score (nSPS) is 22.4. The van der Waals surface area contributed by atoms with Crippen LogP contribution >= 0.6 is 0 Å². The largest absolute Gasteiger partial charge is 0.394 e. The van der Waals surface area contributed by atoms with Gasteiger partial charge in [-0.1, -0.05) is 0 Å². The Morgan fingerprint density at radius 2 is 2.43 bits per heavy atom. The van der Waals surface area contributed by atoms with Crippen molar-refractivity contribution in [3.05, 3.63) is 12.5 Å². The van der Waals surface area contributed by atoms with Crippen molar-refractivity contribution in [1.29, 1.82) is 0 Å². The van der Waals surface area contributed by atoms with Gasteiger partial charge in [0.1, 0.15) is 6.33 Å². The average molecular weight is 194 g/mol. The van der Waals surface area contributed by atoms with Gasteiger partial charge in [-0.05, 0) is 12.8 Å². The number of aliphatic hydroxyl groups excluding tert-OH is 1. The van der Waals surface area contributed by atoms with Crippen molar-refractivity contribution in [2.75, 3.05) is 23.7 Å². The highest BCUT2D eigenvalue weighted by atomic mass is 16.3. The van der Waals surface area contributed by atoms with Gasteiger partial charge < -0.3 is 15.7 Å². The van der Waals surface area contributed by atoms with Crippen LogP contribution in [0, 0.1) is 0 Å². The molecule has 14 heavy (non-hydrogen) atoms. The van der Waals surface area contributed by atoms with E-state index in [0.717, 1.165) is 25.2 Å². The number of β-amino-alcohol motifs (C(OH)–C–C–N with tert-alkyl or cyclic N) is 1. The molecule has 2 rings (SSSR count). The molecule has 1 aliphatic rings. The summed E-state index contributed by atoms with van der Waals surface area (Å²) in [5, 5.41) is 9.51. The van der Waals surface area contributed by atoms with Gasteiger partial charge in [0.25, 0.3) is 0 Å². The number of nitrogen functional groups attached to an aromatic ring is 1. The van der Waals surface area contributed by atoms with E-state index in [2.05, 4.69) is 9.97 Å². The fraction of sp³-hybridized carbons (Fsp3) is 0.556. The van der Waals surface area contributed by atoms with Gasteiger partial charge in [-0.3, -0.25) is 0 Å². The Labute approximate surface area is 82.6 Å². The molecule has 76 valence electrons. The lowest BCUT2D eigenvalue weighted by molar-refractivity contribution is 0.154. The lowest BCUT2D eigenvalue weighted by atomic mass is 10.1. The molecule has 1 atom stereocenters. The van der Waals surface area contributed by atoms with E-state index in [0.29, 0.717) is 12.2 Å². The first kappa shape index (κ1) is 9.21. The van der Waals surface area contributed by atoms with Crippen LogP contribution in [0.4, 0.5) is 11.5 Å². The van der Waals surface area contributed by atoms with E-state index in [1.807, 2.05) is 4.90 Å². The zero-order valence-corrected chi connectivity index (χ0v) is 7.93. The average Bonchev–Trinajstić information content (AvgIpc) is 2.18. The minimum Gasteiger partial charge on any atom is -0.394 e. The number of nitrogens with zero attached hydrogens (tertiary/aromatic N) is 3. The van der Waals surface area contributed by atoms with Crippen LogP contribution in [-0.2, 0) is 0 Å². The van der Waals surface area contributed by atoms with Gasteiger partial charge in [-0.2, -0.15) is 0 Å². The van der Waals surface area contributed by atoms with Gasteiger partial charge in [0.2, 0.25) is 0 Å². The second-order valence-corrected chi connectivity index (χ2v) is 3.54. The Kier molecular flexibility index (Phi) is 2.49. The van der Waals surface area contributed by atoms with E-state index in [9.17, 15) is 5.11 Å². The first-order valence-corrected chi connectivity index (χ1v) is 4.76. The number of rotatable bonds is 1. The maximum absolute atomic E-state index is 9.51. The summed E-state index contributed by atoms with van der Waals surface area (Å²) in [5.41, 5.74) is 6.32. The fourth-order valence-electron chi connectivity index (χ4n) is 1.75. The van der Waals surface area contributed by atoms with E-state index < -0.39 is 0 Å². The van der Waals surface area contributed by atoms with Gasteiger partial charge >= 0.3 is 0 Å². The van der Waals surface area contributed by atoms with Crippen molar-refractivity contribution in [2.24, 2.45) is 0 Å². The molecule has 0 saturated carbocycles. The summed E-state index contributed by atoms with van der Waals surface area (Å²) >= 11 is 0. The molecule has 2 heterocycles. The molecule has 1 fully saturated rings. The minimum atomic E-state index is -0.266. The molecule has 3 N–H and O–H groups in total. The monoisotopic (exact) mass is 194 g/mol. The lowest BCUT2D eigenvalue weighted by Gasteiger charge is -2.31. The summed E-state index contributed by atoms with van der Waals surface area (Å²) in [7, 11) is 0. The predicted molar refractivity (Wildman–Crippen MR) is 53.9 cm³/mol. The van der Waals surface area contributed by atoms with E-state index in [4.69, 9.17) is 5.73 Å². The van der Waals surface area contributed by atoms with Crippen molar-refractivity contribution in [3.63, 3.8) is 0 Å². The molecule has 1 unspecified atom stereocenters.